The molecule has 0 aliphatic heterocycles. The van der Waals surface area contributed by atoms with Gasteiger partial charge in [-0.1, -0.05) is 53.5 Å². The van der Waals surface area contributed by atoms with E-state index in [4.69, 9.17) is 18.0 Å². The zero-order chi connectivity index (χ0) is 21.8. The summed E-state index contributed by atoms with van der Waals surface area (Å²) in [4.78, 5) is 24.0. The number of aryl methyl sites for hydroxylation is 1. The lowest BCUT2D eigenvalue weighted by molar-refractivity contribution is 0.880. The van der Waals surface area contributed by atoms with Crippen molar-refractivity contribution in [2.24, 2.45) is 0 Å². The number of anilines is 1. The van der Waals surface area contributed by atoms with E-state index in [0.717, 1.165) is 26.1 Å². The average molecular weight is 446 g/mol. The van der Waals surface area contributed by atoms with Crippen LogP contribution in [0.3, 0.4) is 0 Å². The molecule has 154 valence electrons. The van der Waals surface area contributed by atoms with Crippen molar-refractivity contribution in [1.82, 2.24) is 9.97 Å². The van der Waals surface area contributed by atoms with Gasteiger partial charge in [0.05, 0.1) is 22.5 Å². The molecule has 0 fully saturated rings. The quantitative estimate of drug-likeness (QED) is 0.388. The Kier molecular flexibility index (Phi) is 6.31. The number of benzene rings is 3. The number of nitrogens with one attached hydrogen (secondary N) is 1. The predicted octanol–water partition coefficient (Wildman–Crippen LogP) is 5.68. The molecule has 6 heteroatoms. The van der Waals surface area contributed by atoms with Crippen molar-refractivity contribution in [1.29, 1.82) is 0 Å². The van der Waals surface area contributed by atoms with Crippen LogP contribution in [0, 0.1) is 19.3 Å². The zero-order valence-electron chi connectivity index (χ0n) is 16.9. The van der Waals surface area contributed by atoms with Crippen LogP contribution < -0.4 is 10.5 Å². The Bertz CT molecular complexity index is 1330. The standard InChI is InChI=1S/C25H20ClN3OS/c1-3-15-29(16-18-7-6-9-22-24(18)25(30)28-17(2)27-22)19-11-13-20(14-12-19)31-23-10-5-4-8-21(23)26/h1,4-14H,15-16H2,2H3,(H,27,28,30). The highest BCUT2D eigenvalue weighted by Crippen LogP contribution is 2.34. The number of halogens is 1. The molecule has 0 atom stereocenters. The van der Waals surface area contributed by atoms with Gasteiger partial charge in [-0.3, -0.25) is 4.79 Å². The second-order valence-electron chi connectivity index (χ2n) is 7.05. The Morgan fingerprint density at radius 3 is 2.61 bits per heavy atom. The van der Waals surface area contributed by atoms with Crippen LogP contribution in [0.2, 0.25) is 5.02 Å². The molecule has 0 amide bonds. The molecule has 0 saturated heterocycles. The summed E-state index contributed by atoms with van der Waals surface area (Å²) < 4.78 is 0. The molecule has 1 heterocycles. The smallest absolute Gasteiger partial charge is 0.259 e. The molecule has 3 aromatic carbocycles. The van der Waals surface area contributed by atoms with Gasteiger partial charge in [0.1, 0.15) is 5.82 Å². The Morgan fingerprint density at radius 2 is 1.87 bits per heavy atom. The summed E-state index contributed by atoms with van der Waals surface area (Å²) in [7, 11) is 0. The summed E-state index contributed by atoms with van der Waals surface area (Å²) in [6.07, 6.45) is 5.64. The minimum atomic E-state index is -0.134. The largest absolute Gasteiger partial charge is 0.356 e. The highest BCUT2D eigenvalue weighted by atomic mass is 35.5. The Labute approximate surface area is 190 Å². The predicted molar refractivity (Wildman–Crippen MR) is 129 cm³/mol. The van der Waals surface area contributed by atoms with E-state index in [2.05, 4.69) is 20.8 Å². The molecule has 0 bridgehead atoms. The van der Waals surface area contributed by atoms with Crippen LogP contribution in [-0.2, 0) is 6.54 Å². The number of hydrogen-bond donors (Lipinski definition) is 1. The monoisotopic (exact) mass is 445 g/mol. The molecular weight excluding hydrogens is 426 g/mol. The minimum absolute atomic E-state index is 0.134. The molecule has 0 aliphatic carbocycles. The van der Waals surface area contributed by atoms with Crippen LogP contribution in [0.1, 0.15) is 11.4 Å². The van der Waals surface area contributed by atoms with Crippen LogP contribution in [0.25, 0.3) is 10.9 Å². The van der Waals surface area contributed by atoms with Gasteiger partial charge in [0, 0.05) is 22.0 Å². The Hall–Kier alpha value is -3.20. The lowest BCUT2D eigenvalue weighted by Crippen LogP contribution is -2.24. The molecule has 4 aromatic rings. The van der Waals surface area contributed by atoms with Crippen molar-refractivity contribution in [3.05, 3.63) is 93.5 Å². The number of aromatic amines is 1. The number of terminal acetylenes is 1. The van der Waals surface area contributed by atoms with E-state index in [0.29, 0.717) is 29.8 Å². The number of nitrogens with zero attached hydrogens (tertiary/aromatic N) is 2. The third kappa shape index (κ3) is 4.77. The fourth-order valence-corrected chi connectivity index (χ4v) is 4.53. The molecule has 1 N–H and O–H groups in total. The van der Waals surface area contributed by atoms with E-state index in [1.54, 1.807) is 18.7 Å². The van der Waals surface area contributed by atoms with Gasteiger partial charge in [-0.2, -0.15) is 0 Å². The Morgan fingerprint density at radius 1 is 1.10 bits per heavy atom. The second kappa shape index (κ2) is 9.30. The maximum Gasteiger partial charge on any atom is 0.259 e. The van der Waals surface area contributed by atoms with E-state index in [1.807, 2.05) is 66.7 Å². The average Bonchev–Trinajstić information content (AvgIpc) is 2.75. The molecule has 1 aromatic heterocycles. The summed E-state index contributed by atoms with van der Waals surface area (Å²) in [6.45, 7) is 2.71. The number of rotatable bonds is 6. The van der Waals surface area contributed by atoms with Crippen molar-refractivity contribution in [3.63, 3.8) is 0 Å². The first-order chi connectivity index (χ1) is 15.0. The van der Waals surface area contributed by atoms with Gasteiger partial charge in [-0.05, 0) is 55.0 Å². The van der Waals surface area contributed by atoms with Gasteiger partial charge < -0.3 is 9.88 Å². The van der Waals surface area contributed by atoms with Gasteiger partial charge in [-0.15, -0.1) is 6.42 Å². The first-order valence-electron chi connectivity index (χ1n) is 9.74. The van der Waals surface area contributed by atoms with E-state index < -0.39 is 0 Å². The van der Waals surface area contributed by atoms with Gasteiger partial charge >= 0.3 is 0 Å². The number of aromatic nitrogens is 2. The fourth-order valence-electron chi connectivity index (χ4n) is 3.44. The van der Waals surface area contributed by atoms with E-state index in [-0.39, 0.29) is 5.56 Å². The molecule has 0 aliphatic rings. The molecule has 4 rings (SSSR count). The number of fused-ring (bicyclic) bond motifs is 1. The summed E-state index contributed by atoms with van der Waals surface area (Å²) in [5, 5.41) is 1.33. The van der Waals surface area contributed by atoms with Crippen LogP contribution in [-0.4, -0.2) is 16.5 Å². The molecular formula is C25H20ClN3OS. The summed E-state index contributed by atoms with van der Waals surface area (Å²) in [5.41, 5.74) is 2.42. The summed E-state index contributed by atoms with van der Waals surface area (Å²) in [5.74, 6) is 3.32. The molecule has 31 heavy (non-hydrogen) atoms. The first kappa shape index (κ1) is 21.0. The van der Waals surface area contributed by atoms with Crippen LogP contribution in [0.15, 0.2) is 81.3 Å². The van der Waals surface area contributed by atoms with Crippen molar-refractivity contribution in [2.45, 2.75) is 23.3 Å². The molecule has 0 radical (unpaired) electrons. The summed E-state index contributed by atoms with van der Waals surface area (Å²) in [6, 6.07) is 21.7. The van der Waals surface area contributed by atoms with Crippen molar-refractivity contribution in [3.8, 4) is 12.3 Å². The van der Waals surface area contributed by atoms with Crippen molar-refractivity contribution >= 4 is 40.0 Å². The summed E-state index contributed by atoms with van der Waals surface area (Å²) >= 11 is 7.89. The molecule has 4 nitrogen and oxygen atoms in total. The molecule has 0 spiro atoms. The van der Waals surface area contributed by atoms with Crippen LogP contribution in [0.5, 0.6) is 0 Å². The van der Waals surface area contributed by atoms with E-state index in [9.17, 15) is 4.79 Å². The van der Waals surface area contributed by atoms with Crippen molar-refractivity contribution < 1.29 is 0 Å². The van der Waals surface area contributed by atoms with Crippen molar-refractivity contribution in [2.75, 3.05) is 11.4 Å². The lowest BCUT2D eigenvalue weighted by Gasteiger charge is -2.23. The zero-order valence-corrected chi connectivity index (χ0v) is 18.5. The second-order valence-corrected chi connectivity index (χ2v) is 8.57. The third-order valence-corrected chi connectivity index (χ3v) is 6.37. The van der Waals surface area contributed by atoms with Crippen LogP contribution in [0.4, 0.5) is 5.69 Å². The van der Waals surface area contributed by atoms with Crippen LogP contribution >= 0.6 is 23.4 Å². The van der Waals surface area contributed by atoms with E-state index >= 15 is 0 Å². The van der Waals surface area contributed by atoms with Gasteiger partial charge in [0.15, 0.2) is 0 Å². The molecule has 0 unspecified atom stereocenters. The lowest BCUT2D eigenvalue weighted by atomic mass is 10.1. The van der Waals surface area contributed by atoms with Gasteiger partial charge in [0.2, 0.25) is 0 Å². The number of hydrogen-bond acceptors (Lipinski definition) is 4. The van der Waals surface area contributed by atoms with E-state index in [1.165, 1.54) is 0 Å². The first-order valence-corrected chi connectivity index (χ1v) is 10.9. The van der Waals surface area contributed by atoms with Gasteiger partial charge in [0.25, 0.3) is 5.56 Å². The maximum atomic E-state index is 12.6. The fraction of sp³-hybridized carbons (Fsp3) is 0.120. The minimum Gasteiger partial charge on any atom is -0.356 e. The highest BCUT2D eigenvalue weighted by molar-refractivity contribution is 7.99. The Balaban J connectivity index is 1.62. The van der Waals surface area contributed by atoms with Gasteiger partial charge in [-0.25, -0.2) is 4.98 Å². The SMILES string of the molecule is C#CCN(Cc1cccc2nc(C)[nH]c(=O)c12)c1ccc(Sc2ccccc2Cl)cc1. The number of H-pyrrole nitrogens is 1. The third-order valence-electron chi connectivity index (χ3n) is 4.85. The highest BCUT2D eigenvalue weighted by Gasteiger charge is 2.12. The normalized spacial score (nSPS) is 10.7. The maximum absolute atomic E-state index is 12.6. The topological polar surface area (TPSA) is 49.0 Å². The molecule has 0 saturated carbocycles.